The van der Waals surface area contributed by atoms with Crippen LogP contribution in [0.4, 0.5) is 5.13 Å². The first-order valence-electron chi connectivity index (χ1n) is 8.50. The van der Waals surface area contributed by atoms with Crippen LogP contribution in [0.3, 0.4) is 0 Å². The average Bonchev–Trinajstić information content (AvgIpc) is 3.23. The molecular weight excluding hydrogens is 396 g/mol. The molecule has 0 unspecified atom stereocenters. The second kappa shape index (κ2) is 6.20. The summed E-state index contributed by atoms with van der Waals surface area (Å²) in [4.78, 5) is 13.0. The van der Waals surface area contributed by atoms with Gasteiger partial charge in [0.25, 0.3) is 0 Å². The maximum Gasteiger partial charge on any atom is 0.187 e. The third-order valence-electron chi connectivity index (χ3n) is 4.88. The van der Waals surface area contributed by atoms with Crippen molar-refractivity contribution in [1.29, 1.82) is 0 Å². The van der Waals surface area contributed by atoms with Crippen molar-refractivity contribution in [3.63, 3.8) is 0 Å². The SMILES string of the molecule is Brc1nc(N2CCNCC2)sc1-c1ccnc2c1-c1ccccc1C2. The van der Waals surface area contributed by atoms with Crippen LogP contribution in [-0.2, 0) is 6.42 Å². The number of anilines is 1. The highest BCUT2D eigenvalue weighted by atomic mass is 79.9. The van der Waals surface area contributed by atoms with Crippen LogP contribution in [0.2, 0.25) is 0 Å². The van der Waals surface area contributed by atoms with Crippen LogP contribution in [0.15, 0.2) is 41.1 Å². The fraction of sp³-hybridized carbons (Fsp3) is 0.263. The Bertz CT molecular complexity index is 946. The largest absolute Gasteiger partial charge is 0.345 e. The van der Waals surface area contributed by atoms with Crippen LogP contribution in [0.25, 0.3) is 21.6 Å². The number of hydrogen-bond donors (Lipinski definition) is 1. The van der Waals surface area contributed by atoms with E-state index < -0.39 is 0 Å². The van der Waals surface area contributed by atoms with Crippen molar-refractivity contribution in [2.75, 3.05) is 31.1 Å². The second-order valence-corrected chi connectivity index (χ2v) is 8.10. The zero-order valence-corrected chi connectivity index (χ0v) is 16.0. The summed E-state index contributed by atoms with van der Waals surface area (Å²) in [5.41, 5.74) is 6.35. The van der Waals surface area contributed by atoms with Gasteiger partial charge in [-0.3, -0.25) is 4.98 Å². The monoisotopic (exact) mass is 412 g/mol. The van der Waals surface area contributed by atoms with Gasteiger partial charge in [0.15, 0.2) is 5.13 Å². The summed E-state index contributed by atoms with van der Waals surface area (Å²) in [6.07, 6.45) is 2.84. The van der Waals surface area contributed by atoms with Gasteiger partial charge in [0.1, 0.15) is 4.60 Å². The molecular formula is C19H17BrN4S. The summed E-state index contributed by atoms with van der Waals surface area (Å²) >= 11 is 5.48. The Hall–Kier alpha value is -1.76. The fourth-order valence-electron chi connectivity index (χ4n) is 3.68. The quantitative estimate of drug-likeness (QED) is 0.541. The molecule has 6 heteroatoms. The van der Waals surface area contributed by atoms with E-state index in [0.717, 1.165) is 42.3 Å². The van der Waals surface area contributed by atoms with Crippen LogP contribution in [0.1, 0.15) is 11.3 Å². The number of piperazine rings is 1. The van der Waals surface area contributed by atoms with E-state index in [1.165, 1.54) is 32.8 Å². The predicted octanol–water partition coefficient (Wildman–Crippen LogP) is 3.95. The third-order valence-corrected chi connectivity index (χ3v) is 6.87. The van der Waals surface area contributed by atoms with Crippen molar-refractivity contribution in [1.82, 2.24) is 15.3 Å². The van der Waals surface area contributed by atoms with Crippen LogP contribution in [-0.4, -0.2) is 36.1 Å². The topological polar surface area (TPSA) is 41.1 Å². The number of benzene rings is 1. The van der Waals surface area contributed by atoms with Gasteiger partial charge in [0, 0.05) is 49.9 Å². The minimum absolute atomic E-state index is 0.917. The highest BCUT2D eigenvalue weighted by Crippen LogP contribution is 2.46. The molecule has 1 aromatic carbocycles. The van der Waals surface area contributed by atoms with E-state index in [4.69, 9.17) is 4.98 Å². The van der Waals surface area contributed by atoms with Crippen LogP contribution in [0.5, 0.6) is 0 Å². The molecule has 25 heavy (non-hydrogen) atoms. The summed E-state index contributed by atoms with van der Waals surface area (Å²) < 4.78 is 0.934. The number of halogens is 1. The van der Waals surface area contributed by atoms with E-state index in [1.54, 1.807) is 11.3 Å². The third kappa shape index (κ3) is 2.60. The summed E-state index contributed by atoms with van der Waals surface area (Å²) in [6.45, 7) is 4.06. The van der Waals surface area contributed by atoms with Crippen LogP contribution in [0, 0.1) is 0 Å². The molecule has 0 spiro atoms. The Labute approximate surface area is 159 Å². The normalized spacial score (nSPS) is 16.0. The van der Waals surface area contributed by atoms with Gasteiger partial charge in [0.2, 0.25) is 0 Å². The van der Waals surface area contributed by atoms with E-state index >= 15 is 0 Å². The second-order valence-electron chi connectivity index (χ2n) is 6.37. The number of fused-ring (bicyclic) bond motifs is 3. The smallest absolute Gasteiger partial charge is 0.187 e. The Kier molecular flexibility index (Phi) is 3.84. The molecule has 0 atom stereocenters. The van der Waals surface area contributed by atoms with Gasteiger partial charge >= 0.3 is 0 Å². The number of hydrogen-bond acceptors (Lipinski definition) is 5. The zero-order chi connectivity index (χ0) is 16.8. The van der Waals surface area contributed by atoms with Gasteiger partial charge in [-0.05, 0) is 33.1 Å². The van der Waals surface area contributed by atoms with Crippen molar-refractivity contribution >= 4 is 32.4 Å². The highest BCUT2D eigenvalue weighted by Gasteiger charge is 2.26. The Morgan fingerprint density at radius 1 is 1.08 bits per heavy atom. The van der Waals surface area contributed by atoms with E-state index in [-0.39, 0.29) is 0 Å². The Balaban J connectivity index is 1.62. The Morgan fingerprint density at radius 3 is 2.80 bits per heavy atom. The molecule has 1 fully saturated rings. The summed E-state index contributed by atoms with van der Waals surface area (Å²) in [6, 6.07) is 10.8. The zero-order valence-electron chi connectivity index (χ0n) is 13.6. The van der Waals surface area contributed by atoms with Crippen LogP contribution < -0.4 is 10.2 Å². The van der Waals surface area contributed by atoms with Crippen molar-refractivity contribution < 1.29 is 0 Å². The van der Waals surface area contributed by atoms with E-state index in [2.05, 4.69) is 61.5 Å². The van der Waals surface area contributed by atoms with Gasteiger partial charge in [-0.15, -0.1) is 0 Å². The molecule has 1 saturated heterocycles. The van der Waals surface area contributed by atoms with Gasteiger partial charge < -0.3 is 10.2 Å². The summed E-state index contributed by atoms with van der Waals surface area (Å²) in [5, 5.41) is 4.50. The maximum absolute atomic E-state index is 4.81. The summed E-state index contributed by atoms with van der Waals surface area (Å²) in [5.74, 6) is 0. The lowest BCUT2D eigenvalue weighted by Gasteiger charge is -2.26. The molecule has 0 amide bonds. The number of thiazole rings is 1. The Morgan fingerprint density at radius 2 is 1.92 bits per heavy atom. The number of nitrogens with zero attached hydrogens (tertiary/aromatic N) is 3. The lowest BCUT2D eigenvalue weighted by molar-refractivity contribution is 0.588. The van der Waals surface area contributed by atoms with E-state index in [1.807, 2.05) is 6.20 Å². The van der Waals surface area contributed by atoms with Crippen molar-refractivity contribution in [2.45, 2.75) is 6.42 Å². The first-order valence-corrected chi connectivity index (χ1v) is 10.1. The molecule has 1 aliphatic carbocycles. The van der Waals surface area contributed by atoms with E-state index in [0.29, 0.717) is 0 Å². The lowest BCUT2D eigenvalue weighted by Crippen LogP contribution is -2.43. The van der Waals surface area contributed by atoms with Gasteiger partial charge in [-0.25, -0.2) is 4.98 Å². The number of rotatable bonds is 2. The predicted molar refractivity (Wildman–Crippen MR) is 106 cm³/mol. The fourth-order valence-corrected chi connectivity index (χ4v) is 5.46. The van der Waals surface area contributed by atoms with Crippen molar-refractivity contribution in [3.05, 3.63) is 52.4 Å². The first kappa shape index (κ1) is 15.5. The molecule has 4 nitrogen and oxygen atoms in total. The standard InChI is InChI=1S/C19H17BrN4S/c20-18-17(25-19(23-18)24-9-7-21-8-10-24)14-5-6-22-15-11-12-3-1-2-4-13(12)16(14)15/h1-6,21H,7-11H2. The minimum Gasteiger partial charge on any atom is -0.345 e. The van der Waals surface area contributed by atoms with Crippen molar-refractivity contribution in [3.8, 4) is 21.6 Å². The molecule has 3 aromatic rings. The number of pyridine rings is 1. The van der Waals surface area contributed by atoms with Gasteiger partial charge in [-0.1, -0.05) is 35.6 Å². The molecule has 2 aliphatic rings. The molecule has 126 valence electrons. The number of aromatic nitrogens is 2. The van der Waals surface area contributed by atoms with Gasteiger partial charge in [-0.2, -0.15) is 0 Å². The molecule has 5 rings (SSSR count). The van der Waals surface area contributed by atoms with Gasteiger partial charge in [0.05, 0.1) is 10.6 Å². The summed E-state index contributed by atoms with van der Waals surface area (Å²) in [7, 11) is 0. The lowest BCUT2D eigenvalue weighted by atomic mass is 10.0. The molecule has 0 bridgehead atoms. The first-order chi connectivity index (χ1) is 12.3. The molecule has 0 radical (unpaired) electrons. The molecule has 1 aliphatic heterocycles. The molecule has 0 saturated carbocycles. The molecule has 1 N–H and O–H groups in total. The highest BCUT2D eigenvalue weighted by molar-refractivity contribution is 9.10. The minimum atomic E-state index is 0.917. The maximum atomic E-state index is 4.81. The van der Waals surface area contributed by atoms with Crippen molar-refractivity contribution in [2.24, 2.45) is 0 Å². The molecule has 2 aromatic heterocycles. The van der Waals surface area contributed by atoms with E-state index in [9.17, 15) is 0 Å². The molecule has 3 heterocycles. The average molecular weight is 413 g/mol. The number of nitrogens with one attached hydrogen (secondary N) is 1. The van der Waals surface area contributed by atoms with Crippen LogP contribution >= 0.6 is 27.3 Å².